The van der Waals surface area contributed by atoms with Gasteiger partial charge in [0.05, 0.1) is 0 Å². The number of hydrogen-bond acceptors (Lipinski definition) is 4. The lowest BCUT2D eigenvalue weighted by molar-refractivity contribution is -0.129. The molecule has 2 aromatic rings. The number of halogens is 3. The molecule has 0 bridgehead atoms. The molecule has 0 unspecified atom stereocenters. The molecule has 0 aliphatic carbocycles. The topological polar surface area (TPSA) is 47.9 Å². The second-order valence-corrected chi connectivity index (χ2v) is 4.76. The highest BCUT2D eigenvalue weighted by Gasteiger charge is 2.25. The third kappa shape index (κ3) is 3.45. The van der Waals surface area contributed by atoms with E-state index in [-0.39, 0.29) is 22.9 Å². The highest BCUT2D eigenvalue weighted by molar-refractivity contribution is 6.12. The number of aliphatic imine (C=N–C) groups is 1. The molecule has 0 N–H and O–H groups in total. The Bertz CT molecular complexity index is 846. The Kier molecular flexibility index (Phi) is 4.33. The summed E-state index contributed by atoms with van der Waals surface area (Å²) in [5.74, 6) is -1.42. The summed E-state index contributed by atoms with van der Waals surface area (Å²) in [7, 11) is 0. The van der Waals surface area contributed by atoms with E-state index in [0.717, 1.165) is 0 Å². The monoisotopic (exact) mass is 333 g/mol. The van der Waals surface area contributed by atoms with Crippen LogP contribution < -0.4 is 4.74 Å². The number of esters is 1. The van der Waals surface area contributed by atoms with Crippen molar-refractivity contribution < 1.29 is 27.4 Å². The number of cyclic esters (lactones) is 1. The third-order valence-electron chi connectivity index (χ3n) is 3.12. The summed E-state index contributed by atoms with van der Waals surface area (Å²) < 4.78 is 47.5. The Hall–Kier alpha value is -3.09. The largest absolute Gasteiger partial charge is 0.434 e. The van der Waals surface area contributed by atoms with Crippen LogP contribution >= 0.6 is 0 Å². The molecule has 0 saturated carbocycles. The predicted octanol–water partition coefficient (Wildman–Crippen LogP) is 3.77. The van der Waals surface area contributed by atoms with E-state index in [0.29, 0.717) is 5.56 Å². The van der Waals surface area contributed by atoms with E-state index in [4.69, 9.17) is 4.74 Å². The number of para-hydroxylation sites is 1. The molecule has 0 aromatic heterocycles. The zero-order valence-corrected chi connectivity index (χ0v) is 12.1. The van der Waals surface area contributed by atoms with Crippen molar-refractivity contribution >= 4 is 17.9 Å². The van der Waals surface area contributed by atoms with Crippen molar-refractivity contribution in [2.24, 2.45) is 4.99 Å². The lowest BCUT2D eigenvalue weighted by Crippen LogP contribution is -2.05. The van der Waals surface area contributed by atoms with E-state index < -0.39 is 18.4 Å². The van der Waals surface area contributed by atoms with Gasteiger partial charge in [-0.2, -0.15) is 8.78 Å². The fourth-order valence-electron chi connectivity index (χ4n) is 2.10. The second-order valence-electron chi connectivity index (χ2n) is 4.76. The van der Waals surface area contributed by atoms with Crippen molar-refractivity contribution in [1.82, 2.24) is 0 Å². The summed E-state index contributed by atoms with van der Waals surface area (Å²) in [6, 6.07) is 11.4. The maximum absolute atomic E-state index is 13.2. The van der Waals surface area contributed by atoms with Gasteiger partial charge < -0.3 is 9.47 Å². The molecule has 0 spiro atoms. The molecule has 122 valence electrons. The minimum atomic E-state index is -2.99. The van der Waals surface area contributed by atoms with Gasteiger partial charge in [-0.15, -0.1) is 0 Å². The van der Waals surface area contributed by atoms with Crippen molar-refractivity contribution in [2.75, 3.05) is 0 Å². The van der Waals surface area contributed by atoms with Gasteiger partial charge in [-0.1, -0.05) is 24.3 Å². The van der Waals surface area contributed by atoms with Crippen molar-refractivity contribution in [3.8, 4) is 5.75 Å². The molecule has 1 heterocycles. The molecule has 4 nitrogen and oxygen atoms in total. The molecule has 2 aromatic carbocycles. The summed E-state index contributed by atoms with van der Waals surface area (Å²) in [6.07, 6.45) is 1.27. The lowest BCUT2D eigenvalue weighted by atomic mass is 10.1. The SMILES string of the molecule is O=C1OC(c2cccc(F)c2)=N/C1=C/c1ccccc1OC(F)F. The highest BCUT2D eigenvalue weighted by atomic mass is 19.3. The number of nitrogens with zero attached hydrogens (tertiary/aromatic N) is 1. The van der Waals surface area contributed by atoms with E-state index in [1.807, 2.05) is 0 Å². The van der Waals surface area contributed by atoms with Crippen LogP contribution in [0.5, 0.6) is 5.75 Å². The Morgan fingerprint density at radius 1 is 1.12 bits per heavy atom. The van der Waals surface area contributed by atoms with Crippen LogP contribution in [-0.2, 0) is 9.53 Å². The molecule has 24 heavy (non-hydrogen) atoms. The predicted molar refractivity (Wildman–Crippen MR) is 80.1 cm³/mol. The quantitative estimate of drug-likeness (QED) is 0.632. The summed E-state index contributed by atoms with van der Waals surface area (Å²) in [4.78, 5) is 15.9. The minimum absolute atomic E-state index is 0.0574. The fraction of sp³-hybridized carbons (Fsp3) is 0.0588. The Balaban J connectivity index is 1.95. The molecule has 1 aliphatic rings. The molecule has 0 fully saturated rings. The fourth-order valence-corrected chi connectivity index (χ4v) is 2.10. The van der Waals surface area contributed by atoms with Gasteiger partial charge in [0.2, 0.25) is 5.90 Å². The zero-order chi connectivity index (χ0) is 17.1. The number of alkyl halides is 2. The van der Waals surface area contributed by atoms with Crippen LogP contribution in [0.25, 0.3) is 6.08 Å². The highest BCUT2D eigenvalue weighted by Crippen LogP contribution is 2.25. The number of carbonyl (C=O) groups is 1. The van der Waals surface area contributed by atoms with Gasteiger partial charge in [0.1, 0.15) is 11.6 Å². The Morgan fingerprint density at radius 2 is 1.92 bits per heavy atom. The molecule has 0 amide bonds. The molecular weight excluding hydrogens is 323 g/mol. The van der Waals surface area contributed by atoms with Gasteiger partial charge in [0.25, 0.3) is 0 Å². The van der Waals surface area contributed by atoms with E-state index >= 15 is 0 Å². The van der Waals surface area contributed by atoms with E-state index in [9.17, 15) is 18.0 Å². The van der Waals surface area contributed by atoms with E-state index in [2.05, 4.69) is 9.73 Å². The number of ether oxygens (including phenoxy) is 2. The van der Waals surface area contributed by atoms with Gasteiger partial charge in [-0.3, -0.25) is 0 Å². The van der Waals surface area contributed by atoms with Gasteiger partial charge in [0.15, 0.2) is 5.70 Å². The third-order valence-corrected chi connectivity index (χ3v) is 3.12. The van der Waals surface area contributed by atoms with E-state index in [1.165, 1.54) is 48.5 Å². The molecule has 0 saturated heterocycles. The van der Waals surface area contributed by atoms with Crippen LogP contribution in [-0.4, -0.2) is 18.5 Å². The molecule has 7 heteroatoms. The average Bonchev–Trinajstić information content (AvgIpc) is 2.90. The van der Waals surface area contributed by atoms with Crippen LogP contribution in [0, 0.1) is 5.82 Å². The van der Waals surface area contributed by atoms with Gasteiger partial charge in [-0.05, 0) is 30.3 Å². The van der Waals surface area contributed by atoms with Crippen LogP contribution in [0.1, 0.15) is 11.1 Å². The van der Waals surface area contributed by atoms with Gasteiger partial charge in [0, 0.05) is 11.1 Å². The Labute approximate surface area is 134 Å². The molecule has 0 atom stereocenters. The number of hydrogen-bond donors (Lipinski definition) is 0. The standard InChI is InChI=1S/C17H10F3NO3/c18-12-6-3-5-11(8-12)15-21-13(16(22)24-15)9-10-4-1-2-7-14(10)23-17(19)20/h1-9,17H/b13-9+. The van der Waals surface area contributed by atoms with Crippen molar-refractivity contribution in [3.05, 3.63) is 71.2 Å². The second kappa shape index (κ2) is 6.57. The first kappa shape index (κ1) is 15.8. The first-order valence-electron chi connectivity index (χ1n) is 6.85. The lowest BCUT2D eigenvalue weighted by Gasteiger charge is -2.07. The number of benzene rings is 2. The summed E-state index contributed by atoms with van der Waals surface area (Å²) in [5, 5.41) is 0. The Morgan fingerprint density at radius 3 is 2.67 bits per heavy atom. The van der Waals surface area contributed by atoms with Crippen LogP contribution in [0.2, 0.25) is 0 Å². The number of carbonyl (C=O) groups excluding carboxylic acids is 1. The summed E-state index contributed by atoms with van der Waals surface area (Å²) >= 11 is 0. The summed E-state index contributed by atoms with van der Waals surface area (Å²) in [6.45, 7) is -2.99. The summed E-state index contributed by atoms with van der Waals surface area (Å²) in [5.41, 5.74) is 0.442. The first-order valence-corrected chi connectivity index (χ1v) is 6.85. The molecule has 0 radical (unpaired) electrons. The zero-order valence-electron chi connectivity index (χ0n) is 12.1. The average molecular weight is 333 g/mol. The van der Waals surface area contributed by atoms with Crippen LogP contribution in [0.4, 0.5) is 13.2 Å². The maximum Gasteiger partial charge on any atom is 0.387 e. The van der Waals surface area contributed by atoms with E-state index in [1.54, 1.807) is 6.07 Å². The van der Waals surface area contributed by atoms with Crippen molar-refractivity contribution in [1.29, 1.82) is 0 Å². The molecule has 1 aliphatic heterocycles. The van der Waals surface area contributed by atoms with Crippen LogP contribution in [0.15, 0.2) is 59.2 Å². The van der Waals surface area contributed by atoms with Crippen molar-refractivity contribution in [2.45, 2.75) is 6.61 Å². The minimum Gasteiger partial charge on any atom is -0.434 e. The van der Waals surface area contributed by atoms with Gasteiger partial charge >= 0.3 is 12.6 Å². The van der Waals surface area contributed by atoms with Crippen molar-refractivity contribution in [3.63, 3.8) is 0 Å². The normalized spacial score (nSPS) is 15.6. The molecular formula is C17H10F3NO3. The first-order chi connectivity index (χ1) is 11.5. The van der Waals surface area contributed by atoms with Gasteiger partial charge in [-0.25, -0.2) is 14.2 Å². The smallest absolute Gasteiger partial charge is 0.387 e. The van der Waals surface area contributed by atoms with Crippen LogP contribution in [0.3, 0.4) is 0 Å². The molecule has 3 rings (SSSR count). The number of rotatable bonds is 4. The maximum atomic E-state index is 13.2.